The molecule has 1 aromatic heterocycles. The van der Waals surface area contributed by atoms with Crippen molar-refractivity contribution in [3.8, 4) is 5.69 Å². The Morgan fingerprint density at radius 2 is 0.690 bits per heavy atom. The lowest BCUT2D eigenvalue weighted by Crippen LogP contribution is -2.14. The molecule has 3 heteroatoms. The summed E-state index contributed by atoms with van der Waals surface area (Å²) in [7, 11) is 0. The molecule has 0 aliphatic rings. The molecular formula is C68H59N3. The van der Waals surface area contributed by atoms with Crippen molar-refractivity contribution >= 4 is 99.0 Å². The molecule has 0 saturated carbocycles. The quantitative estimate of drug-likeness (QED) is 0.148. The van der Waals surface area contributed by atoms with E-state index in [0.29, 0.717) is 0 Å². The largest absolute Gasteiger partial charge is 0.310 e. The first kappa shape index (κ1) is 44.1. The summed E-state index contributed by atoms with van der Waals surface area (Å²) >= 11 is 0. The van der Waals surface area contributed by atoms with E-state index in [2.05, 4.69) is 282 Å². The van der Waals surface area contributed by atoms with E-state index < -0.39 is 0 Å². The van der Waals surface area contributed by atoms with Crippen LogP contribution in [-0.2, 0) is 10.8 Å². The predicted octanol–water partition coefficient (Wildman–Crippen LogP) is 19.5. The Hall–Kier alpha value is -8.14. The fourth-order valence-electron chi connectivity index (χ4n) is 11.2. The molecule has 0 spiro atoms. The highest BCUT2D eigenvalue weighted by atomic mass is 15.2. The summed E-state index contributed by atoms with van der Waals surface area (Å²) in [5.41, 5.74) is 15.3. The number of para-hydroxylation sites is 2. The van der Waals surface area contributed by atoms with Gasteiger partial charge in [0.15, 0.2) is 0 Å². The smallest absolute Gasteiger partial charge is 0.0568 e. The second-order valence-electron chi connectivity index (χ2n) is 21.5. The zero-order valence-electron chi connectivity index (χ0n) is 42.0. The number of hydrogen-bond donors (Lipinski definition) is 0. The van der Waals surface area contributed by atoms with E-state index in [4.69, 9.17) is 0 Å². The molecule has 3 nitrogen and oxygen atoms in total. The second-order valence-corrected chi connectivity index (χ2v) is 21.5. The van der Waals surface area contributed by atoms with Gasteiger partial charge in [-0.2, -0.15) is 0 Å². The molecule has 0 aliphatic carbocycles. The van der Waals surface area contributed by atoms with E-state index >= 15 is 0 Å². The van der Waals surface area contributed by atoms with Gasteiger partial charge < -0.3 is 14.4 Å². The Kier molecular flexibility index (Phi) is 10.4. The van der Waals surface area contributed by atoms with Crippen LogP contribution in [0, 0.1) is 13.8 Å². The Bertz CT molecular complexity index is 3820. The Morgan fingerprint density at radius 3 is 1.13 bits per heavy atom. The van der Waals surface area contributed by atoms with Gasteiger partial charge in [0.1, 0.15) is 0 Å². The molecule has 11 aromatic carbocycles. The van der Waals surface area contributed by atoms with Gasteiger partial charge in [0.2, 0.25) is 0 Å². The lowest BCUT2D eigenvalue weighted by molar-refractivity contribution is 0.590. The van der Waals surface area contributed by atoms with Crippen LogP contribution in [0.3, 0.4) is 0 Å². The van der Waals surface area contributed by atoms with Gasteiger partial charge in [0.05, 0.1) is 28.1 Å². The SMILES string of the molecule is Cc1ccccc1N(c1ccc(C(C)(C)C)cc1)c1cc2c(c3ccccc13)c1c3ccccc3c(N(c3ccc(C(C)(C)C)cc3)c3ccccc3C)cc1n2-c1cc2ccccc2c2ccccc12. The van der Waals surface area contributed by atoms with E-state index in [1.165, 1.54) is 76.1 Å². The van der Waals surface area contributed by atoms with Crippen molar-refractivity contribution in [1.82, 2.24) is 4.57 Å². The van der Waals surface area contributed by atoms with Gasteiger partial charge in [-0.25, -0.2) is 0 Å². The van der Waals surface area contributed by atoms with Gasteiger partial charge in [0.25, 0.3) is 0 Å². The molecule has 0 unspecified atom stereocenters. The fraction of sp³-hybridized carbons (Fsp3) is 0.147. The van der Waals surface area contributed by atoms with Gasteiger partial charge in [-0.15, -0.1) is 0 Å². The molecule has 0 bridgehead atoms. The van der Waals surface area contributed by atoms with Crippen LogP contribution in [0.15, 0.2) is 212 Å². The van der Waals surface area contributed by atoms with Gasteiger partial charge in [-0.3, -0.25) is 0 Å². The minimum atomic E-state index is 0.0213. The lowest BCUT2D eigenvalue weighted by atomic mass is 9.87. The van der Waals surface area contributed by atoms with Gasteiger partial charge >= 0.3 is 0 Å². The van der Waals surface area contributed by atoms with Gasteiger partial charge in [-0.1, -0.05) is 199 Å². The third-order valence-corrected chi connectivity index (χ3v) is 14.9. The van der Waals surface area contributed by atoms with Crippen LogP contribution in [0.2, 0.25) is 0 Å². The highest BCUT2D eigenvalue weighted by Gasteiger charge is 2.28. The summed E-state index contributed by atoms with van der Waals surface area (Å²) in [6, 6.07) is 79.5. The highest BCUT2D eigenvalue weighted by Crippen LogP contribution is 2.51. The van der Waals surface area contributed by atoms with E-state index in [1.54, 1.807) is 0 Å². The molecule has 1 heterocycles. The van der Waals surface area contributed by atoms with E-state index in [1.807, 2.05) is 0 Å². The highest BCUT2D eigenvalue weighted by molar-refractivity contribution is 6.32. The molecule has 0 fully saturated rings. The summed E-state index contributed by atoms with van der Waals surface area (Å²) in [5.74, 6) is 0. The first-order chi connectivity index (χ1) is 34.3. The Morgan fingerprint density at radius 1 is 0.324 bits per heavy atom. The standard InChI is InChI=1S/C68H59N3/c1-44-21-9-19-31-58(44)69(49-37-33-47(34-38-49)67(3,4)5)61-42-63-65(56-29-17-15-27-54(56)61)66-57-30-18-16-28-55(57)62(70(59-32-20-10-22-45(59)2)50-39-35-48(36-40-50)68(6,7)8)43-64(66)71(63)60-41-46-23-11-12-24-51(46)52-25-13-14-26-53(52)60/h9-43H,1-8H3. The summed E-state index contributed by atoms with van der Waals surface area (Å²) in [6.45, 7) is 18.2. The van der Waals surface area contributed by atoms with Crippen molar-refractivity contribution in [2.24, 2.45) is 0 Å². The number of hydrogen-bond acceptors (Lipinski definition) is 2. The number of rotatable bonds is 7. The van der Waals surface area contributed by atoms with Crippen molar-refractivity contribution in [2.75, 3.05) is 9.80 Å². The summed E-state index contributed by atoms with van der Waals surface area (Å²) in [6.07, 6.45) is 0. The minimum Gasteiger partial charge on any atom is -0.310 e. The topological polar surface area (TPSA) is 11.4 Å². The van der Waals surface area contributed by atoms with E-state index in [0.717, 1.165) is 50.8 Å². The number of fused-ring (bicyclic) bond motifs is 10. The lowest BCUT2D eigenvalue weighted by Gasteiger charge is -2.29. The first-order valence-electron chi connectivity index (χ1n) is 25.1. The van der Waals surface area contributed by atoms with Crippen LogP contribution in [-0.4, -0.2) is 4.57 Å². The zero-order valence-corrected chi connectivity index (χ0v) is 42.0. The van der Waals surface area contributed by atoms with E-state index in [-0.39, 0.29) is 10.8 Å². The third kappa shape index (κ3) is 7.33. The average molecular weight is 918 g/mol. The number of nitrogens with zero attached hydrogens (tertiary/aromatic N) is 3. The second kappa shape index (κ2) is 16.8. The van der Waals surface area contributed by atoms with Crippen LogP contribution in [0.4, 0.5) is 34.1 Å². The average Bonchev–Trinajstić information content (AvgIpc) is 3.71. The maximum Gasteiger partial charge on any atom is 0.0568 e. The van der Waals surface area contributed by atoms with Gasteiger partial charge in [-0.05, 0) is 128 Å². The van der Waals surface area contributed by atoms with Crippen LogP contribution in [0.5, 0.6) is 0 Å². The van der Waals surface area contributed by atoms with Crippen molar-refractivity contribution in [1.29, 1.82) is 0 Å². The molecule has 0 saturated heterocycles. The van der Waals surface area contributed by atoms with Gasteiger partial charge in [0, 0.05) is 49.7 Å². The molecule has 12 aromatic rings. The van der Waals surface area contributed by atoms with Crippen molar-refractivity contribution < 1.29 is 0 Å². The number of anilines is 6. The van der Waals surface area contributed by atoms with E-state index in [9.17, 15) is 0 Å². The Balaban J connectivity index is 1.27. The first-order valence-corrected chi connectivity index (χ1v) is 25.1. The molecule has 0 radical (unpaired) electrons. The minimum absolute atomic E-state index is 0.0213. The zero-order chi connectivity index (χ0) is 48.8. The maximum atomic E-state index is 2.60. The number of aryl methyl sites for hydroxylation is 2. The molecule has 71 heavy (non-hydrogen) atoms. The van der Waals surface area contributed by atoms with Crippen LogP contribution < -0.4 is 9.80 Å². The van der Waals surface area contributed by atoms with Crippen molar-refractivity contribution in [2.45, 2.75) is 66.2 Å². The monoisotopic (exact) mass is 917 g/mol. The number of aromatic nitrogens is 1. The molecular weight excluding hydrogens is 859 g/mol. The normalized spacial score (nSPS) is 12.2. The molecule has 346 valence electrons. The summed E-state index contributed by atoms with van der Waals surface area (Å²) < 4.78 is 2.60. The summed E-state index contributed by atoms with van der Waals surface area (Å²) in [5, 5.41) is 12.2. The summed E-state index contributed by atoms with van der Waals surface area (Å²) in [4.78, 5) is 4.99. The van der Waals surface area contributed by atoms with Crippen molar-refractivity contribution in [3.05, 3.63) is 235 Å². The van der Waals surface area contributed by atoms with Crippen LogP contribution >= 0.6 is 0 Å². The third-order valence-electron chi connectivity index (χ3n) is 14.9. The predicted molar refractivity (Wildman–Crippen MR) is 307 cm³/mol. The van der Waals surface area contributed by atoms with Crippen LogP contribution in [0.25, 0.3) is 70.6 Å². The molecule has 0 atom stereocenters. The number of benzene rings is 11. The van der Waals surface area contributed by atoms with Crippen LogP contribution in [0.1, 0.15) is 63.8 Å². The van der Waals surface area contributed by atoms with Crippen molar-refractivity contribution in [3.63, 3.8) is 0 Å². The maximum absolute atomic E-state index is 2.60. The molecule has 0 N–H and O–H groups in total. The fourth-order valence-corrected chi connectivity index (χ4v) is 11.2. The molecule has 0 amide bonds. The Labute approximate surface area is 417 Å². The molecule has 12 rings (SSSR count). The molecule has 0 aliphatic heterocycles.